The summed E-state index contributed by atoms with van der Waals surface area (Å²) in [5, 5.41) is 0. The molecule has 0 aliphatic rings. The molecule has 2 N–H and O–H groups in total. The first-order valence-corrected chi connectivity index (χ1v) is 5.67. The van der Waals surface area contributed by atoms with Crippen LogP contribution in [0.15, 0.2) is 24.3 Å². The van der Waals surface area contributed by atoms with Crippen LogP contribution in [0, 0.1) is 5.92 Å². The van der Waals surface area contributed by atoms with E-state index in [9.17, 15) is 0 Å². The molecule has 16 heavy (non-hydrogen) atoms. The minimum atomic E-state index is 0.354. The first-order valence-electron chi connectivity index (χ1n) is 5.67. The summed E-state index contributed by atoms with van der Waals surface area (Å²) in [4.78, 5) is 2.22. The van der Waals surface area contributed by atoms with E-state index < -0.39 is 0 Å². The van der Waals surface area contributed by atoms with Crippen LogP contribution in [0.3, 0.4) is 0 Å². The normalized spacial score (nSPS) is 12.6. The Morgan fingerprint density at radius 2 is 2.06 bits per heavy atom. The summed E-state index contributed by atoms with van der Waals surface area (Å²) < 4.78 is 5.22. The van der Waals surface area contributed by atoms with Crippen LogP contribution in [0.5, 0.6) is 5.75 Å². The van der Waals surface area contributed by atoms with E-state index in [2.05, 4.69) is 31.9 Å². The number of likely N-dealkylation sites (N-methyl/N-ethyl adjacent to an activating group) is 1. The van der Waals surface area contributed by atoms with Gasteiger partial charge < -0.3 is 15.4 Å². The third kappa shape index (κ3) is 2.89. The molecule has 0 fully saturated rings. The monoisotopic (exact) mass is 222 g/mol. The Kier molecular flexibility index (Phi) is 4.62. The van der Waals surface area contributed by atoms with Gasteiger partial charge in [-0.25, -0.2) is 0 Å². The predicted molar refractivity (Wildman–Crippen MR) is 69.1 cm³/mol. The van der Waals surface area contributed by atoms with E-state index in [1.54, 1.807) is 7.11 Å². The van der Waals surface area contributed by atoms with E-state index in [0.717, 1.165) is 11.4 Å². The quantitative estimate of drug-likeness (QED) is 0.829. The molecule has 0 bridgehead atoms. The molecule has 0 amide bonds. The average molecular weight is 222 g/mol. The maximum atomic E-state index is 5.81. The maximum absolute atomic E-state index is 5.81. The number of ether oxygens (including phenoxy) is 1. The number of nitrogens with zero attached hydrogens (tertiary/aromatic N) is 1. The topological polar surface area (TPSA) is 38.5 Å². The second-order valence-electron chi connectivity index (χ2n) is 4.36. The van der Waals surface area contributed by atoms with E-state index in [1.165, 1.54) is 0 Å². The van der Waals surface area contributed by atoms with Crippen molar-refractivity contribution in [2.24, 2.45) is 11.7 Å². The van der Waals surface area contributed by atoms with Crippen LogP contribution >= 0.6 is 0 Å². The van der Waals surface area contributed by atoms with Gasteiger partial charge in [-0.1, -0.05) is 19.9 Å². The Bertz CT molecular complexity index is 325. The molecule has 0 radical (unpaired) electrons. The van der Waals surface area contributed by atoms with Crippen molar-refractivity contribution in [2.75, 3.05) is 25.6 Å². The lowest BCUT2D eigenvalue weighted by Crippen LogP contribution is -2.41. The summed E-state index contributed by atoms with van der Waals surface area (Å²) >= 11 is 0. The van der Waals surface area contributed by atoms with Gasteiger partial charge in [-0.05, 0) is 18.1 Å². The fraction of sp³-hybridized carbons (Fsp3) is 0.538. The molecule has 0 heterocycles. The van der Waals surface area contributed by atoms with Gasteiger partial charge in [0, 0.05) is 31.4 Å². The van der Waals surface area contributed by atoms with Crippen LogP contribution in [0.2, 0.25) is 0 Å². The summed E-state index contributed by atoms with van der Waals surface area (Å²) in [5.74, 6) is 1.41. The Balaban J connectivity index is 2.89. The molecule has 3 heteroatoms. The van der Waals surface area contributed by atoms with Crippen molar-refractivity contribution >= 4 is 5.69 Å². The van der Waals surface area contributed by atoms with E-state index in [0.29, 0.717) is 18.5 Å². The van der Waals surface area contributed by atoms with Crippen molar-refractivity contribution in [2.45, 2.75) is 19.9 Å². The molecule has 1 unspecified atom stereocenters. The standard InChI is InChI=1S/C13H22N2O/c1-10(2)13(9-14)15(3)11-6-5-7-12(8-11)16-4/h5-8,10,13H,9,14H2,1-4H3. The molecule has 0 aliphatic heterocycles. The molecule has 0 saturated heterocycles. The van der Waals surface area contributed by atoms with Crippen molar-refractivity contribution in [1.29, 1.82) is 0 Å². The molecule has 3 nitrogen and oxygen atoms in total. The van der Waals surface area contributed by atoms with Crippen molar-refractivity contribution in [3.63, 3.8) is 0 Å². The second kappa shape index (κ2) is 5.75. The van der Waals surface area contributed by atoms with Crippen molar-refractivity contribution < 1.29 is 4.74 Å². The van der Waals surface area contributed by atoms with Crippen molar-refractivity contribution in [3.8, 4) is 5.75 Å². The lowest BCUT2D eigenvalue weighted by atomic mass is 10.0. The van der Waals surface area contributed by atoms with Crippen LogP contribution in [0.25, 0.3) is 0 Å². The maximum Gasteiger partial charge on any atom is 0.120 e. The fourth-order valence-electron chi connectivity index (χ4n) is 1.90. The second-order valence-corrected chi connectivity index (χ2v) is 4.36. The highest BCUT2D eigenvalue weighted by Crippen LogP contribution is 2.23. The number of nitrogens with two attached hydrogens (primary N) is 1. The van der Waals surface area contributed by atoms with Gasteiger partial charge in [0.2, 0.25) is 0 Å². The van der Waals surface area contributed by atoms with Gasteiger partial charge in [-0.15, -0.1) is 0 Å². The van der Waals surface area contributed by atoms with Gasteiger partial charge in [-0.3, -0.25) is 0 Å². The number of hydrogen-bond acceptors (Lipinski definition) is 3. The van der Waals surface area contributed by atoms with Crippen LogP contribution in [0.1, 0.15) is 13.8 Å². The third-order valence-electron chi connectivity index (χ3n) is 2.97. The number of hydrogen-bond donors (Lipinski definition) is 1. The highest BCUT2D eigenvalue weighted by molar-refractivity contribution is 5.51. The lowest BCUT2D eigenvalue weighted by Gasteiger charge is -2.32. The summed E-state index contributed by atoms with van der Waals surface area (Å²) in [6, 6.07) is 8.41. The lowest BCUT2D eigenvalue weighted by molar-refractivity contribution is 0.414. The van der Waals surface area contributed by atoms with E-state index in [1.807, 2.05) is 18.2 Å². The summed E-state index contributed by atoms with van der Waals surface area (Å²) in [5.41, 5.74) is 6.95. The highest BCUT2D eigenvalue weighted by Gasteiger charge is 2.17. The summed E-state index contributed by atoms with van der Waals surface area (Å²) in [6.07, 6.45) is 0. The van der Waals surface area contributed by atoms with Crippen LogP contribution in [-0.2, 0) is 0 Å². The average Bonchev–Trinajstić information content (AvgIpc) is 2.29. The number of benzene rings is 1. The Labute approximate surface area is 98.2 Å². The van der Waals surface area contributed by atoms with Crippen molar-refractivity contribution in [3.05, 3.63) is 24.3 Å². The molecule has 1 rings (SSSR count). The predicted octanol–water partition coefficient (Wildman–Crippen LogP) is 2.11. The van der Waals surface area contributed by atoms with Gasteiger partial charge in [0.1, 0.15) is 5.75 Å². The number of methoxy groups -OCH3 is 1. The Hall–Kier alpha value is -1.22. The molecule has 1 atom stereocenters. The molecular weight excluding hydrogens is 200 g/mol. The summed E-state index contributed by atoms with van der Waals surface area (Å²) in [7, 11) is 3.76. The zero-order valence-electron chi connectivity index (χ0n) is 10.6. The van der Waals surface area contributed by atoms with E-state index >= 15 is 0 Å². The largest absolute Gasteiger partial charge is 0.497 e. The van der Waals surface area contributed by atoms with Gasteiger partial charge in [0.25, 0.3) is 0 Å². The van der Waals surface area contributed by atoms with Gasteiger partial charge in [-0.2, -0.15) is 0 Å². The first kappa shape index (κ1) is 12.8. The van der Waals surface area contributed by atoms with Crippen molar-refractivity contribution in [1.82, 2.24) is 0 Å². The molecule has 1 aromatic rings. The van der Waals surface area contributed by atoms with Gasteiger partial charge in [0.05, 0.1) is 7.11 Å². The van der Waals surface area contributed by atoms with Crippen LogP contribution < -0.4 is 15.4 Å². The zero-order chi connectivity index (χ0) is 12.1. The third-order valence-corrected chi connectivity index (χ3v) is 2.97. The molecule has 1 aromatic carbocycles. The zero-order valence-corrected chi connectivity index (χ0v) is 10.6. The minimum absolute atomic E-state index is 0.354. The van der Waals surface area contributed by atoms with E-state index in [-0.39, 0.29) is 0 Å². The smallest absolute Gasteiger partial charge is 0.120 e. The Morgan fingerprint density at radius 1 is 1.38 bits per heavy atom. The fourth-order valence-corrected chi connectivity index (χ4v) is 1.90. The van der Waals surface area contributed by atoms with Crippen LogP contribution in [0.4, 0.5) is 5.69 Å². The SMILES string of the molecule is COc1cccc(N(C)C(CN)C(C)C)c1. The van der Waals surface area contributed by atoms with Crippen LogP contribution in [-0.4, -0.2) is 26.7 Å². The number of anilines is 1. The minimum Gasteiger partial charge on any atom is -0.497 e. The first-order chi connectivity index (χ1) is 7.60. The van der Waals surface area contributed by atoms with Gasteiger partial charge in [0.15, 0.2) is 0 Å². The highest BCUT2D eigenvalue weighted by atomic mass is 16.5. The molecular formula is C13H22N2O. The van der Waals surface area contributed by atoms with E-state index in [4.69, 9.17) is 10.5 Å². The molecule has 0 aliphatic carbocycles. The molecule has 0 saturated carbocycles. The molecule has 0 spiro atoms. The van der Waals surface area contributed by atoms with Gasteiger partial charge >= 0.3 is 0 Å². The molecule has 0 aromatic heterocycles. The molecule has 90 valence electrons. The summed E-state index contributed by atoms with van der Waals surface area (Å²) in [6.45, 7) is 5.04. The Morgan fingerprint density at radius 3 is 2.56 bits per heavy atom. The number of rotatable bonds is 5.